The Balaban J connectivity index is 1.48. The van der Waals surface area contributed by atoms with Crippen LogP contribution in [0.3, 0.4) is 0 Å². The Hall–Kier alpha value is -1.93. The lowest BCUT2D eigenvalue weighted by Gasteiger charge is -2.34. The number of amides is 2. The van der Waals surface area contributed by atoms with E-state index in [1.807, 2.05) is 18.7 Å². The van der Waals surface area contributed by atoms with Gasteiger partial charge in [0.1, 0.15) is 5.76 Å². The predicted octanol–water partition coefficient (Wildman–Crippen LogP) is 0.254. The van der Waals surface area contributed by atoms with Crippen molar-refractivity contribution in [1.82, 2.24) is 20.3 Å². The number of likely N-dealkylation sites (N-methyl/N-ethyl adjacent to an activating group) is 1. The van der Waals surface area contributed by atoms with Crippen molar-refractivity contribution in [3.63, 3.8) is 0 Å². The molecule has 0 aromatic carbocycles. The zero-order valence-electron chi connectivity index (χ0n) is 16.4. The number of carbonyl (C=O) groups is 2. The first kappa shape index (κ1) is 19.8. The largest absolute Gasteiger partial charge is 0.391 e. The van der Waals surface area contributed by atoms with E-state index < -0.39 is 6.10 Å². The van der Waals surface area contributed by atoms with Crippen molar-refractivity contribution in [1.29, 1.82) is 0 Å². The summed E-state index contributed by atoms with van der Waals surface area (Å²) in [5.74, 6) is 0.511. The van der Waals surface area contributed by atoms with Gasteiger partial charge >= 0.3 is 0 Å². The molecule has 2 fully saturated rings. The molecule has 2 N–H and O–H groups in total. The molecule has 1 aliphatic heterocycles. The van der Waals surface area contributed by atoms with Gasteiger partial charge in [0.15, 0.2) is 0 Å². The number of aliphatic hydroxyl groups is 1. The van der Waals surface area contributed by atoms with Crippen LogP contribution in [0.5, 0.6) is 0 Å². The Morgan fingerprint density at radius 3 is 2.56 bits per heavy atom. The van der Waals surface area contributed by atoms with Gasteiger partial charge in [-0.15, -0.1) is 0 Å². The quantitative estimate of drug-likeness (QED) is 0.762. The molecule has 150 valence electrons. The predicted molar refractivity (Wildman–Crippen MR) is 99.0 cm³/mol. The van der Waals surface area contributed by atoms with Crippen molar-refractivity contribution in [2.24, 2.45) is 5.92 Å². The Bertz CT molecular complexity index is 662. The summed E-state index contributed by atoms with van der Waals surface area (Å²) in [5.41, 5.74) is 1.76. The van der Waals surface area contributed by atoms with Crippen molar-refractivity contribution < 1.29 is 19.2 Å². The fraction of sp³-hybridized carbons (Fsp3) is 0.737. The van der Waals surface area contributed by atoms with Crippen LogP contribution < -0.4 is 5.32 Å². The molecule has 27 heavy (non-hydrogen) atoms. The van der Waals surface area contributed by atoms with E-state index in [9.17, 15) is 14.7 Å². The standard InChI is InChI=1S/C19H30N4O4/c1-12-15(13(2)27-21-12)4-5-18(25)20-16-10-14(11-17(16)24)19(26)23-8-6-22(3)7-9-23/h14,16-17,24H,4-11H2,1-3H3,(H,20,25)/t14-,16+,17+/m0/s1. The summed E-state index contributed by atoms with van der Waals surface area (Å²) in [6.07, 6.45) is 1.11. The summed E-state index contributed by atoms with van der Waals surface area (Å²) < 4.78 is 5.12. The van der Waals surface area contributed by atoms with E-state index in [1.54, 1.807) is 0 Å². The first-order valence-electron chi connectivity index (χ1n) is 9.71. The maximum atomic E-state index is 12.7. The van der Waals surface area contributed by atoms with Crippen LogP contribution in [0.4, 0.5) is 0 Å². The average Bonchev–Trinajstić information content (AvgIpc) is 3.16. The molecule has 3 atom stereocenters. The van der Waals surface area contributed by atoms with Crippen LogP contribution in [-0.2, 0) is 16.0 Å². The Kier molecular flexibility index (Phi) is 6.16. The molecule has 8 nitrogen and oxygen atoms in total. The van der Waals surface area contributed by atoms with Gasteiger partial charge in [0.05, 0.1) is 17.8 Å². The zero-order chi connectivity index (χ0) is 19.6. The molecule has 0 spiro atoms. The summed E-state index contributed by atoms with van der Waals surface area (Å²) in [7, 11) is 2.05. The monoisotopic (exact) mass is 378 g/mol. The second-order valence-electron chi connectivity index (χ2n) is 7.84. The smallest absolute Gasteiger partial charge is 0.225 e. The second kappa shape index (κ2) is 8.39. The number of rotatable bonds is 5. The van der Waals surface area contributed by atoms with Gasteiger partial charge in [-0.3, -0.25) is 9.59 Å². The summed E-state index contributed by atoms with van der Waals surface area (Å²) in [6, 6.07) is -0.358. The van der Waals surface area contributed by atoms with Crippen molar-refractivity contribution in [2.45, 2.75) is 51.7 Å². The molecule has 1 saturated heterocycles. The van der Waals surface area contributed by atoms with Crippen LogP contribution >= 0.6 is 0 Å². The van der Waals surface area contributed by atoms with Crippen LogP contribution in [0.2, 0.25) is 0 Å². The first-order valence-corrected chi connectivity index (χ1v) is 9.71. The van der Waals surface area contributed by atoms with Gasteiger partial charge in [0.2, 0.25) is 11.8 Å². The van der Waals surface area contributed by atoms with Crippen molar-refractivity contribution in [3.05, 3.63) is 17.0 Å². The van der Waals surface area contributed by atoms with Crippen LogP contribution in [0.25, 0.3) is 0 Å². The van der Waals surface area contributed by atoms with E-state index in [0.717, 1.165) is 43.2 Å². The van der Waals surface area contributed by atoms with Crippen molar-refractivity contribution in [2.75, 3.05) is 33.2 Å². The molecular weight excluding hydrogens is 348 g/mol. The first-order chi connectivity index (χ1) is 12.8. The summed E-state index contributed by atoms with van der Waals surface area (Å²) in [6.45, 7) is 6.92. The van der Waals surface area contributed by atoms with E-state index in [2.05, 4.69) is 22.4 Å². The van der Waals surface area contributed by atoms with Gasteiger partial charge in [0.25, 0.3) is 0 Å². The number of hydrogen-bond acceptors (Lipinski definition) is 6. The molecule has 1 aromatic rings. The van der Waals surface area contributed by atoms with Crippen LogP contribution in [-0.4, -0.2) is 77.2 Å². The number of aryl methyl sites for hydroxylation is 2. The van der Waals surface area contributed by atoms with Gasteiger partial charge in [-0.2, -0.15) is 0 Å². The molecule has 2 heterocycles. The summed E-state index contributed by atoms with van der Waals surface area (Å²) >= 11 is 0. The molecular formula is C19H30N4O4. The highest BCUT2D eigenvalue weighted by molar-refractivity contribution is 5.80. The Morgan fingerprint density at radius 2 is 1.93 bits per heavy atom. The lowest BCUT2D eigenvalue weighted by molar-refractivity contribution is -0.137. The van der Waals surface area contributed by atoms with Crippen molar-refractivity contribution in [3.8, 4) is 0 Å². The minimum absolute atomic E-state index is 0.106. The molecule has 1 aliphatic carbocycles. The van der Waals surface area contributed by atoms with E-state index in [1.165, 1.54) is 0 Å². The van der Waals surface area contributed by atoms with Gasteiger partial charge in [0, 0.05) is 44.1 Å². The SMILES string of the molecule is Cc1noc(C)c1CCC(=O)N[C@@H]1C[C@H](C(=O)N2CCN(C)CC2)C[C@H]1O. The van der Waals surface area contributed by atoms with E-state index in [4.69, 9.17) is 4.52 Å². The number of hydrogen-bond donors (Lipinski definition) is 2. The maximum absolute atomic E-state index is 12.7. The van der Waals surface area contributed by atoms with E-state index in [-0.39, 0.29) is 23.8 Å². The molecule has 8 heteroatoms. The number of aliphatic hydroxyl groups excluding tert-OH is 1. The third-order valence-corrected chi connectivity index (χ3v) is 5.82. The average molecular weight is 378 g/mol. The lowest BCUT2D eigenvalue weighted by atomic mass is 10.1. The number of nitrogens with one attached hydrogen (secondary N) is 1. The molecule has 0 bridgehead atoms. The third-order valence-electron chi connectivity index (χ3n) is 5.82. The van der Waals surface area contributed by atoms with Gasteiger partial charge < -0.3 is 24.7 Å². The number of carbonyl (C=O) groups excluding carboxylic acids is 2. The number of piperazine rings is 1. The highest BCUT2D eigenvalue weighted by Crippen LogP contribution is 2.28. The minimum atomic E-state index is -0.672. The van der Waals surface area contributed by atoms with Gasteiger partial charge in [-0.1, -0.05) is 5.16 Å². The molecule has 2 aliphatic rings. The van der Waals surface area contributed by atoms with Crippen LogP contribution in [0.1, 0.15) is 36.3 Å². The highest BCUT2D eigenvalue weighted by Gasteiger charge is 2.39. The fourth-order valence-electron chi connectivity index (χ4n) is 4.03. The van der Waals surface area contributed by atoms with Gasteiger partial charge in [-0.05, 0) is 40.2 Å². The highest BCUT2D eigenvalue weighted by atomic mass is 16.5. The topological polar surface area (TPSA) is 98.9 Å². The minimum Gasteiger partial charge on any atom is -0.391 e. The molecule has 1 aromatic heterocycles. The Labute approximate surface area is 159 Å². The zero-order valence-corrected chi connectivity index (χ0v) is 16.4. The van der Waals surface area contributed by atoms with Crippen LogP contribution in [0.15, 0.2) is 4.52 Å². The second-order valence-corrected chi connectivity index (χ2v) is 7.84. The van der Waals surface area contributed by atoms with E-state index in [0.29, 0.717) is 25.7 Å². The van der Waals surface area contributed by atoms with Crippen molar-refractivity contribution >= 4 is 11.8 Å². The number of nitrogens with zero attached hydrogens (tertiary/aromatic N) is 3. The summed E-state index contributed by atoms with van der Waals surface area (Å²) in [4.78, 5) is 29.1. The van der Waals surface area contributed by atoms with Gasteiger partial charge in [-0.25, -0.2) is 0 Å². The maximum Gasteiger partial charge on any atom is 0.225 e. The third kappa shape index (κ3) is 4.68. The molecule has 0 unspecified atom stereocenters. The number of aromatic nitrogens is 1. The fourth-order valence-corrected chi connectivity index (χ4v) is 4.03. The summed E-state index contributed by atoms with van der Waals surface area (Å²) in [5, 5.41) is 17.1. The normalized spacial score (nSPS) is 26.4. The molecule has 3 rings (SSSR count). The Morgan fingerprint density at radius 1 is 1.22 bits per heavy atom. The molecule has 1 saturated carbocycles. The van der Waals surface area contributed by atoms with Crippen LogP contribution in [0, 0.1) is 19.8 Å². The van der Waals surface area contributed by atoms with E-state index >= 15 is 0 Å². The molecule has 2 amide bonds. The lowest BCUT2D eigenvalue weighted by Crippen LogP contribution is -2.49. The molecule has 0 radical (unpaired) electrons.